The molecule has 2 heterocycles. The summed E-state index contributed by atoms with van der Waals surface area (Å²) in [6.07, 6.45) is 2.38. The lowest BCUT2D eigenvalue weighted by molar-refractivity contribution is 0.317. The van der Waals surface area contributed by atoms with Crippen LogP contribution in [0.2, 0.25) is 5.02 Å². The van der Waals surface area contributed by atoms with E-state index in [1.54, 1.807) is 0 Å². The highest BCUT2D eigenvalue weighted by Gasteiger charge is 2.29. The normalized spacial score (nSPS) is 19.7. The van der Waals surface area contributed by atoms with E-state index in [1.807, 2.05) is 0 Å². The molecule has 1 aromatic carbocycles. The van der Waals surface area contributed by atoms with E-state index >= 15 is 0 Å². The summed E-state index contributed by atoms with van der Waals surface area (Å²) >= 11 is 6.49. The number of nitrogens with one attached hydrogen (secondary N) is 1. The standard InChI is InChI=1S/C15H20ClN3/c1-10-7-11(2)14(13(16)8-10)19-6-4-5-12-9-18(3)17-15(12)19/h7-8,17H,4-6,9H2,1-3H3. The first-order chi connectivity index (χ1) is 9.06. The second kappa shape index (κ2) is 4.73. The zero-order valence-corrected chi connectivity index (χ0v) is 12.5. The molecular formula is C15H20ClN3. The first-order valence-electron chi connectivity index (χ1n) is 6.80. The summed E-state index contributed by atoms with van der Waals surface area (Å²) in [7, 11) is 2.08. The van der Waals surface area contributed by atoms with Crippen molar-refractivity contribution in [2.75, 3.05) is 25.0 Å². The van der Waals surface area contributed by atoms with Crippen molar-refractivity contribution in [2.24, 2.45) is 0 Å². The first-order valence-corrected chi connectivity index (χ1v) is 7.18. The summed E-state index contributed by atoms with van der Waals surface area (Å²) < 4.78 is 0. The maximum Gasteiger partial charge on any atom is 0.121 e. The number of rotatable bonds is 1. The Balaban J connectivity index is 2.05. The van der Waals surface area contributed by atoms with Gasteiger partial charge in [-0.3, -0.25) is 0 Å². The topological polar surface area (TPSA) is 18.5 Å². The minimum absolute atomic E-state index is 0.850. The highest BCUT2D eigenvalue weighted by molar-refractivity contribution is 6.33. The number of nitrogens with zero attached hydrogens (tertiary/aromatic N) is 2. The van der Waals surface area contributed by atoms with Gasteiger partial charge in [-0.05, 0) is 49.5 Å². The van der Waals surface area contributed by atoms with Crippen molar-refractivity contribution in [2.45, 2.75) is 26.7 Å². The number of halogens is 1. The van der Waals surface area contributed by atoms with E-state index in [4.69, 9.17) is 11.6 Å². The van der Waals surface area contributed by atoms with Crippen molar-refractivity contribution in [3.05, 3.63) is 39.7 Å². The third kappa shape index (κ3) is 2.21. The lowest BCUT2D eigenvalue weighted by Crippen LogP contribution is -2.37. The van der Waals surface area contributed by atoms with Crippen LogP contribution in [0.3, 0.4) is 0 Å². The summed E-state index contributed by atoms with van der Waals surface area (Å²) in [5, 5.41) is 2.99. The van der Waals surface area contributed by atoms with Gasteiger partial charge in [-0.25, -0.2) is 5.01 Å². The van der Waals surface area contributed by atoms with Gasteiger partial charge in [-0.2, -0.15) is 0 Å². The Hall–Kier alpha value is -1.19. The van der Waals surface area contributed by atoms with Crippen molar-refractivity contribution < 1.29 is 0 Å². The Labute approximate surface area is 119 Å². The third-order valence-corrected chi connectivity index (χ3v) is 4.15. The SMILES string of the molecule is Cc1cc(C)c(N2CCCC3=C2NN(C)C3)c(Cl)c1. The Kier molecular flexibility index (Phi) is 3.19. The molecule has 0 amide bonds. The van der Waals surface area contributed by atoms with Gasteiger partial charge in [-0.15, -0.1) is 0 Å². The van der Waals surface area contributed by atoms with E-state index in [-0.39, 0.29) is 0 Å². The van der Waals surface area contributed by atoms with Crippen molar-refractivity contribution in [1.82, 2.24) is 10.4 Å². The fourth-order valence-corrected chi connectivity index (χ4v) is 3.57. The van der Waals surface area contributed by atoms with E-state index in [0.29, 0.717) is 0 Å². The second-order valence-electron chi connectivity index (χ2n) is 5.59. The monoisotopic (exact) mass is 277 g/mol. The minimum Gasteiger partial charge on any atom is -0.326 e. The van der Waals surface area contributed by atoms with E-state index in [2.05, 4.69) is 48.4 Å². The van der Waals surface area contributed by atoms with Crippen LogP contribution >= 0.6 is 11.6 Å². The van der Waals surface area contributed by atoms with Crippen LogP contribution in [-0.2, 0) is 0 Å². The summed E-state index contributed by atoms with van der Waals surface area (Å²) in [6.45, 7) is 6.27. The van der Waals surface area contributed by atoms with Crippen LogP contribution in [0.4, 0.5) is 5.69 Å². The maximum atomic E-state index is 6.49. The molecule has 0 radical (unpaired) electrons. The molecule has 3 nitrogen and oxygen atoms in total. The lowest BCUT2D eigenvalue weighted by Gasteiger charge is -2.32. The number of hydrazine groups is 1. The highest BCUT2D eigenvalue weighted by atomic mass is 35.5. The van der Waals surface area contributed by atoms with E-state index in [1.165, 1.54) is 35.4 Å². The van der Waals surface area contributed by atoms with Crippen LogP contribution in [0.5, 0.6) is 0 Å². The molecule has 4 heteroatoms. The molecule has 0 saturated heterocycles. The number of benzene rings is 1. The highest BCUT2D eigenvalue weighted by Crippen LogP contribution is 2.37. The molecule has 3 rings (SSSR count). The summed E-state index contributed by atoms with van der Waals surface area (Å²) in [5.41, 5.74) is 8.56. The van der Waals surface area contributed by atoms with Gasteiger partial charge in [0.2, 0.25) is 0 Å². The van der Waals surface area contributed by atoms with Crippen molar-refractivity contribution in [3.8, 4) is 0 Å². The smallest absolute Gasteiger partial charge is 0.121 e. The lowest BCUT2D eigenvalue weighted by atomic mass is 10.0. The molecule has 0 aromatic heterocycles. The minimum atomic E-state index is 0.850. The number of anilines is 1. The first kappa shape index (κ1) is 12.8. The molecule has 0 atom stereocenters. The maximum absolute atomic E-state index is 6.49. The van der Waals surface area contributed by atoms with Gasteiger partial charge in [0.05, 0.1) is 10.7 Å². The molecule has 19 heavy (non-hydrogen) atoms. The molecule has 1 N–H and O–H groups in total. The predicted octanol–water partition coefficient (Wildman–Crippen LogP) is 3.22. The van der Waals surface area contributed by atoms with Gasteiger partial charge in [0.15, 0.2) is 0 Å². The Bertz CT molecular complexity index is 527. The number of likely N-dealkylation sites (N-methyl/N-ethyl adjacent to an activating group) is 1. The van der Waals surface area contributed by atoms with Gasteiger partial charge in [0.25, 0.3) is 0 Å². The van der Waals surface area contributed by atoms with Crippen molar-refractivity contribution in [3.63, 3.8) is 0 Å². The largest absolute Gasteiger partial charge is 0.326 e. The van der Waals surface area contributed by atoms with Gasteiger partial charge in [-0.1, -0.05) is 17.7 Å². The molecule has 0 spiro atoms. The van der Waals surface area contributed by atoms with E-state index < -0.39 is 0 Å². The average molecular weight is 278 g/mol. The molecule has 2 aliphatic heterocycles. The van der Waals surface area contributed by atoms with E-state index in [9.17, 15) is 0 Å². The Morgan fingerprint density at radius 1 is 1.26 bits per heavy atom. The summed E-state index contributed by atoms with van der Waals surface area (Å²) in [4.78, 5) is 2.35. The molecule has 0 saturated carbocycles. The Morgan fingerprint density at radius 3 is 2.79 bits per heavy atom. The van der Waals surface area contributed by atoms with Crippen LogP contribution in [0.1, 0.15) is 24.0 Å². The fourth-order valence-electron chi connectivity index (χ4n) is 3.15. The molecular weight excluding hydrogens is 258 g/mol. The molecule has 0 aliphatic carbocycles. The van der Waals surface area contributed by atoms with Crippen molar-refractivity contribution in [1.29, 1.82) is 0 Å². The number of hydrogen-bond acceptors (Lipinski definition) is 3. The van der Waals surface area contributed by atoms with Gasteiger partial charge in [0.1, 0.15) is 5.82 Å². The van der Waals surface area contributed by atoms with Gasteiger partial charge < -0.3 is 10.3 Å². The quantitative estimate of drug-likeness (QED) is 0.850. The molecule has 1 aromatic rings. The van der Waals surface area contributed by atoms with Gasteiger partial charge >= 0.3 is 0 Å². The molecule has 2 aliphatic rings. The number of hydrogen-bond donors (Lipinski definition) is 1. The zero-order chi connectivity index (χ0) is 13.6. The van der Waals surface area contributed by atoms with Crippen LogP contribution in [0.25, 0.3) is 0 Å². The van der Waals surface area contributed by atoms with Gasteiger partial charge in [0, 0.05) is 20.1 Å². The molecule has 0 bridgehead atoms. The number of aryl methyl sites for hydroxylation is 2. The average Bonchev–Trinajstić information content (AvgIpc) is 2.68. The molecule has 0 fully saturated rings. The predicted molar refractivity (Wildman–Crippen MR) is 80.3 cm³/mol. The van der Waals surface area contributed by atoms with Crippen molar-refractivity contribution >= 4 is 17.3 Å². The zero-order valence-electron chi connectivity index (χ0n) is 11.8. The van der Waals surface area contributed by atoms with Crippen LogP contribution in [-0.4, -0.2) is 25.1 Å². The molecule has 102 valence electrons. The van der Waals surface area contributed by atoms with Crippen LogP contribution < -0.4 is 10.3 Å². The summed E-state index contributed by atoms with van der Waals surface area (Å²) in [5.74, 6) is 1.24. The van der Waals surface area contributed by atoms with Crippen LogP contribution in [0.15, 0.2) is 23.5 Å². The van der Waals surface area contributed by atoms with Crippen LogP contribution in [0, 0.1) is 13.8 Å². The fraction of sp³-hybridized carbons (Fsp3) is 0.467. The molecule has 0 unspecified atom stereocenters. The Morgan fingerprint density at radius 2 is 2.05 bits per heavy atom. The summed E-state index contributed by atoms with van der Waals surface area (Å²) in [6, 6.07) is 4.26. The second-order valence-corrected chi connectivity index (χ2v) is 5.99. The third-order valence-electron chi connectivity index (χ3n) is 3.86. The van der Waals surface area contributed by atoms with E-state index in [0.717, 1.165) is 23.8 Å².